The first kappa shape index (κ1) is 14.4. The quantitative estimate of drug-likeness (QED) is 0.903. The number of nitrogens with two attached hydrogens (primary N) is 1. The Bertz CT molecular complexity index is 565. The molecule has 0 bridgehead atoms. The Kier molecular flexibility index (Phi) is 4.63. The summed E-state index contributed by atoms with van der Waals surface area (Å²) in [5, 5.41) is 8.38. The van der Waals surface area contributed by atoms with Crippen molar-refractivity contribution in [3.05, 3.63) is 41.2 Å². The van der Waals surface area contributed by atoms with Crippen molar-refractivity contribution in [3.63, 3.8) is 0 Å². The van der Waals surface area contributed by atoms with E-state index < -0.39 is 0 Å². The standard InChI is InChI=1S/C15H21N5/c1-11-5-7-14(8-6-11)20(10-4-9-16)15-17-12(2)13(3)18-19-15/h5-8H,4,9-10,16H2,1-3H3. The maximum absolute atomic E-state index is 5.63. The average Bonchev–Trinajstić information content (AvgIpc) is 2.45. The molecular weight excluding hydrogens is 250 g/mol. The van der Waals surface area contributed by atoms with Crippen molar-refractivity contribution in [3.8, 4) is 0 Å². The molecule has 0 radical (unpaired) electrons. The first-order chi connectivity index (χ1) is 9.61. The third-order valence-corrected chi connectivity index (χ3v) is 3.25. The van der Waals surface area contributed by atoms with Gasteiger partial charge in [-0.1, -0.05) is 17.7 Å². The Labute approximate surface area is 119 Å². The number of rotatable bonds is 5. The molecule has 1 aromatic carbocycles. The lowest BCUT2D eigenvalue weighted by Gasteiger charge is -2.22. The highest BCUT2D eigenvalue weighted by Gasteiger charge is 2.13. The third-order valence-electron chi connectivity index (χ3n) is 3.25. The van der Waals surface area contributed by atoms with Crippen LogP contribution in [0.25, 0.3) is 0 Å². The second-order valence-corrected chi connectivity index (χ2v) is 4.91. The van der Waals surface area contributed by atoms with Gasteiger partial charge in [-0.3, -0.25) is 0 Å². The molecule has 2 aromatic rings. The van der Waals surface area contributed by atoms with E-state index in [4.69, 9.17) is 5.73 Å². The van der Waals surface area contributed by atoms with Crippen molar-refractivity contribution >= 4 is 11.6 Å². The highest BCUT2D eigenvalue weighted by atomic mass is 15.3. The number of aryl methyl sites for hydroxylation is 3. The summed E-state index contributed by atoms with van der Waals surface area (Å²) in [7, 11) is 0. The minimum atomic E-state index is 0.630. The fourth-order valence-electron chi connectivity index (χ4n) is 1.88. The van der Waals surface area contributed by atoms with Gasteiger partial charge in [-0.05, 0) is 45.9 Å². The number of nitrogens with zero attached hydrogens (tertiary/aromatic N) is 4. The molecule has 0 atom stereocenters. The molecule has 2 N–H and O–H groups in total. The molecule has 106 valence electrons. The normalized spacial score (nSPS) is 10.6. The monoisotopic (exact) mass is 271 g/mol. The van der Waals surface area contributed by atoms with Crippen LogP contribution in [0.4, 0.5) is 11.6 Å². The van der Waals surface area contributed by atoms with E-state index >= 15 is 0 Å². The zero-order valence-corrected chi connectivity index (χ0v) is 12.3. The smallest absolute Gasteiger partial charge is 0.250 e. The van der Waals surface area contributed by atoms with Crippen LogP contribution in [0.1, 0.15) is 23.4 Å². The average molecular weight is 271 g/mol. The summed E-state index contributed by atoms with van der Waals surface area (Å²) in [4.78, 5) is 6.60. The lowest BCUT2D eigenvalue weighted by molar-refractivity contribution is 0.775. The van der Waals surface area contributed by atoms with Gasteiger partial charge in [0, 0.05) is 12.2 Å². The molecule has 0 fully saturated rings. The second-order valence-electron chi connectivity index (χ2n) is 4.91. The maximum Gasteiger partial charge on any atom is 0.250 e. The predicted octanol–water partition coefficient (Wildman–Crippen LogP) is 2.28. The molecule has 2 rings (SSSR count). The van der Waals surface area contributed by atoms with Crippen LogP contribution in [-0.2, 0) is 0 Å². The summed E-state index contributed by atoms with van der Waals surface area (Å²) in [5.41, 5.74) is 9.68. The van der Waals surface area contributed by atoms with Gasteiger partial charge in [0.1, 0.15) is 0 Å². The Hall–Kier alpha value is -2.01. The van der Waals surface area contributed by atoms with Crippen molar-refractivity contribution in [1.82, 2.24) is 15.2 Å². The van der Waals surface area contributed by atoms with E-state index in [1.54, 1.807) is 0 Å². The van der Waals surface area contributed by atoms with Gasteiger partial charge in [0.25, 0.3) is 0 Å². The Balaban J connectivity index is 2.35. The fraction of sp³-hybridized carbons (Fsp3) is 0.400. The zero-order chi connectivity index (χ0) is 14.5. The molecule has 0 amide bonds. The molecule has 1 heterocycles. The van der Waals surface area contributed by atoms with Gasteiger partial charge >= 0.3 is 0 Å². The Morgan fingerprint density at radius 3 is 2.30 bits per heavy atom. The van der Waals surface area contributed by atoms with Crippen molar-refractivity contribution in [2.75, 3.05) is 18.0 Å². The molecule has 0 aliphatic carbocycles. The van der Waals surface area contributed by atoms with Crippen LogP contribution in [0.5, 0.6) is 0 Å². The second kappa shape index (κ2) is 6.43. The molecule has 5 heteroatoms. The topological polar surface area (TPSA) is 67.9 Å². The van der Waals surface area contributed by atoms with Gasteiger partial charge in [-0.2, -0.15) is 5.10 Å². The number of benzene rings is 1. The number of anilines is 2. The highest BCUT2D eigenvalue weighted by molar-refractivity contribution is 5.57. The summed E-state index contributed by atoms with van der Waals surface area (Å²) in [6.07, 6.45) is 0.879. The summed E-state index contributed by atoms with van der Waals surface area (Å²) < 4.78 is 0. The minimum absolute atomic E-state index is 0.630. The number of hydrogen-bond acceptors (Lipinski definition) is 5. The van der Waals surface area contributed by atoms with Gasteiger partial charge in [0.05, 0.1) is 11.4 Å². The largest absolute Gasteiger partial charge is 0.330 e. The van der Waals surface area contributed by atoms with Gasteiger partial charge < -0.3 is 10.6 Å². The Morgan fingerprint density at radius 1 is 1.00 bits per heavy atom. The number of aromatic nitrogens is 3. The van der Waals surface area contributed by atoms with E-state index in [1.165, 1.54) is 5.56 Å². The lowest BCUT2D eigenvalue weighted by Crippen LogP contribution is -2.23. The first-order valence-corrected chi connectivity index (χ1v) is 6.84. The summed E-state index contributed by atoms with van der Waals surface area (Å²) in [5.74, 6) is 0.630. The SMILES string of the molecule is Cc1ccc(N(CCCN)c2nnc(C)c(C)n2)cc1. The highest BCUT2D eigenvalue weighted by Crippen LogP contribution is 2.22. The van der Waals surface area contributed by atoms with Gasteiger partial charge in [-0.15, -0.1) is 5.10 Å². The molecule has 0 spiro atoms. The van der Waals surface area contributed by atoms with Crippen molar-refractivity contribution < 1.29 is 0 Å². The van der Waals surface area contributed by atoms with Gasteiger partial charge in [0.15, 0.2) is 0 Å². The minimum Gasteiger partial charge on any atom is -0.330 e. The molecule has 0 saturated carbocycles. The Morgan fingerprint density at radius 2 is 1.70 bits per heavy atom. The number of hydrogen-bond donors (Lipinski definition) is 1. The maximum atomic E-state index is 5.63. The van der Waals surface area contributed by atoms with E-state index in [0.29, 0.717) is 12.5 Å². The van der Waals surface area contributed by atoms with Crippen LogP contribution in [0, 0.1) is 20.8 Å². The van der Waals surface area contributed by atoms with E-state index in [0.717, 1.165) is 30.0 Å². The summed E-state index contributed by atoms with van der Waals surface area (Å²) in [6.45, 7) is 7.35. The van der Waals surface area contributed by atoms with E-state index in [9.17, 15) is 0 Å². The van der Waals surface area contributed by atoms with Crippen molar-refractivity contribution in [2.24, 2.45) is 5.73 Å². The van der Waals surface area contributed by atoms with E-state index in [-0.39, 0.29) is 0 Å². The van der Waals surface area contributed by atoms with Gasteiger partial charge in [0.2, 0.25) is 5.95 Å². The predicted molar refractivity (Wildman–Crippen MR) is 81.2 cm³/mol. The summed E-state index contributed by atoms with van der Waals surface area (Å²) >= 11 is 0. The lowest BCUT2D eigenvalue weighted by atomic mass is 10.2. The molecule has 20 heavy (non-hydrogen) atoms. The van der Waals surface area contributed by atoms with Crippen LogP contribution in [0.2, 0.25) is 0 Å². The third kappa shape index (κ3) is 3.30. The van der Waals surface area contributed by atoms with Crippen LogP contribution in [-0.4, -0.2) is 28.3 Å². The van der Waals surface area contributed by atoms with E-state index in [1.807, 2.05) is 13.8 Å². The van der Waals surface area contributed by atoms with Gasteiger partial charge in [-0.25, -0.2) is 4.98 Å². The zero-order valence-electron chi connectivity index (χ0n) is 12.3. The molecule has 1 aromatic heterocycles. The summed E-state index contributed by atoms with van der Waals surface area (Å²) in [6, 6.07) is 8.31. The molecule has 0 unspecified atom stereocenters. The molecular formula is C15H21N5. The van der Waals surface area contributed by atoms with Crippen molar-refractivity contribution in [2.45, 2.75) is 27.2 Å². The van der Waals surface area contributed by atoms with Crippen LogP contribution in [0.3, 0.4) is 0 Å². The van der Waals surface area contributed by atoms with E-state index in [2.05, 4.69) is 51.3 Å². The van der Waals surface area contributed by atoms with Crippen LogP contribution >= 0.6 is 0 Å². The molecule has 0 saturated heterocycles. The fourth-order valence-corrected chi connectivity index (χ4v) is 1.88. The molecule has 5 nitrogen and oxygen atoms in total. The van der Waals surface area contributed by atoms with Crippen molar-refractivity contribution in [1.29, 1.82) is 0 Å². The molecule has 0 aliphatic rings. The van der Waals surface area contributed by atoms with Crippen LogP contribution < -0.4 is 10.6 Å². The first-order valence-electron chi connectivity index (χ1n) is 6.84. The molecule has 0 aliphatic heterocycles. The van der Waals surface area contributed by atoms with Crippen LogP contribution in [0.15, 0.2) is 24.3 Å².